The summed E-state index contributed by atoms with van der Waals surface area (Å²) >= 11 is 0. The highest BCUT2D eigenvalue weighted by Gasteiger charge is 2.25. The summed E-state index contributed by atoms with van der Waals surface area (Å²) in [6.07, 6.45) is 23.6. The van der Waals surface area contributed by atoms with E-state index in [-0.39, 0.29) is 38.5 Å². The van der Waals surface area contributed by atoms with Crippen molar-refractivity contribution >= 4 is 13.4 Å². The van der Waals surface area contributed by atoms with E-state index in [4.69, 9.17) is 24.3 Å². The van der Waals surface area contributed by atoms with Crippen molar-refractivity contribution in [2.24, 2.45) is 0 Å². The standard InChI is InChI=1S/C35H60N3O6P/c1-2-3-4-5-6-7-8-9-10-11-12-13-14-15-16-20-27-41-28-21-29-43-45(40,44-31-33-22-18-17-19-23-33)32-42-30-26-38-25-24-34(36)37-35(38)39/h17-19,22-25H,2-16,20-21,26-32H2,1H3,(H2,36,37,39). The van der Waals surface area contributed by atoms with Crippen molar-refractivity contribution in [1.82, 2.24) is 9.55 Å². The zero-order valence-corrected chi connectivity index (χ0v) is 28.8. The van der Waals surface area contributed by atoms with Crippen molar-refractivity contribution < 1.29 is 23.1 Å². The highest BCUT2D eigenvalue weighted by atomic mass is 31.2. The van der Waals surface area contributed by atoms with E-state index in [1.54, 1.807) is 12.3 Å². The van der Waals surface area contributed by atoms with Gasteiger partial charge in [0.15, 0.2) is 0 Å². The third kappa shape index (κ3) is 20.7. The van der Waals surface area contributed by atoms with E-state index in [1.807, 2.05) is 30.3 Å². The highest BCUT2D eigenvalue weighted by Crippen LogP contribution is 2.49. The fourth-order valence-corrected chi connectivity index (χ4v) is 6.36. The number of hydrogen-bond acceptors (Lipinski definition) is 8. The number of unbranched alkanes of at least 4 members (excludes halogenated alkanes) is 15. The zero-order chi connectivity index (χ0) is 32.3. The Kier molecular flexibility index (Phi) is 22.7. The average molecular weight is 650 g/mol. The number of benzene rings is 1. The van der Waals surface area contributed by atoms with Gasteiger partial charge in [0, 0.05) is 19.4 Å². The number of anilines is 1. The van der Waals surface area contributed by atoms with Crippen molar-refractivity contribution in [1.29, 1.82) is 0 Å². The molecular weight excluding hydrogens is 589 g/mol. The molecule has 10 heteroatoms. The van der Waals surface area contributed by atoms with Gasteiger partial charge >= 0.3 is 13.3 Å². The SMILES string of the molecule is CCCCCCCCCCCCCCCCCCOCCCOP(=O)(COCCn1ccc(N)nc1=O)OCc1ccccc1. The fraction of sp³-hybridized carbons (Fsp3) is 0.714. The maximum Gasteiger partial charge on any atom is 0.356 e. The van der Waals surface area contributed by atoms with Crippen molar-refractivity contribution in [2.45, 2.75) is 129 Å². The van der Waals surface area contributed by atoms with Crippen LogP contribution in [0.3, 0.4) is 0 Å². The van der Waals surface area contributed by atoms with Gasteiger partial charge in [-0.25, -0.2) is 4.79 Å². The molecule has 0 bridgehead atoms. The predicted molar refractivity (Wildman–Crippen MR) is 183 cm³/mol. The molecule has 0 aliphatic rings. The molecular formula is C35H60N3O6P. The number of ether oxygens (including phenoxy) is 2. The largest absolute Gasteiger partial charge is 0.383 e. The van der Waals surface area contributed by atoms with Crippen LogP contribution < -0.4 is 11.4 Å². The second-order valence-corrected chi connectivity index (χ2v) is 13.8. The van der Waals surface area contributed by atoms with Gasteiger partial charge in [0.05, 0.1) is 26.4 Å². The van der Waals surface area contributed by atoms with Gasteiger partial charge in [0.25, 0.3) is 0 Å². The van der Waals surface area contributed by atoms with Crippen LogP contribution in [-0.4, -0.2) is 42.3 Å². The third-order valence-electron chi connectivity index (χ3n) is 7.76. The van der Waals surface area contributed by atoms with Crippen molar-refractivity contribution in [3.05, 3.63) is 58.6 Å². The molecule has 0 saturated carbocycles. The molecule has 1 atom stereocenters. The maximum atomic E-state index is 13.4. The molecule has 0 aliphatic heterocycles. The van der Waals surface area contributed by atoms with Crippen molar-refractivity contribution in [3.8, 4) is 0 Å². The molecule has 2 N–H and O–H groups in total. The van der Waals surface area contributed by atoms with Gasteiger partial charge < -0.3 is 24.3 Å². The summed E-state index contributed by atoms with van der Waals surface area (Å²) in [5, 5.41) is 0. The second kappa shape index (κ2) is 26.1. The molecule has 0 saturated heterocycles. The van der Waals surface area contributed by atoms with Gasteiger partial charge in [-0.1, -0.05) is 134 Å². The molecule has 0 amide bonds. The Morgan fingerprint density at radius 2 is 1.27 bits per heavy atom. The molecule has 1 heterocycles. The first-order valence-electron chi connectivity index (χ1n) is 17.4. The van der Waals surface area contributed by atoms with Crippen LogP contribution in [0.1, 0.15) is 122 Å². The summed E-state index contributed by atoms with van der Waals surface area (Å²) in [6.45, 7) is 4.36. The lowest BCUT2D eigenvalue weighted by molar-refractivity contribution is 0.0976. The molecule has 9 nitrogen and oxygen atoms in total. The molecule has 0 spiro atoms. The monoisotopic (exact) mass is 649 g/mol. The Labute approximate surface area is 272 Å². The first kappa shape index (κ1) is 39.1. The van der Waals surface area contributed by atoms with Crippen LogP contribution in [0.5, 0.6) is 0 Å². The average Bonchev–Trinajstić information content (AvgIpc) is 3.04. The highest BCUT2D eigenvalue weighted by molar-refractivity contribution is 7.53. The molecule has 256 valence electrons. The summed E-state index contributed by atoms with van der Waals surface area (Å²) < 4.78 is 37.6. The lowest BCUT2D eigenvalue weighted by atomic mass is 10.0. The summed E-state index contributed by atoms with van der Waals surface area (Å²) in [5.74, 6) is 0.165. The molecule has 2 rings (SSSR count). The van der Waals surface area contributed by atoms with Crippen LogP contribution in [0.25, 0.3) is 0 Å². The topological polar surface area (TPSA) is 115 Å². The van der Waals surface area contributed by atoms with Crippen LogP contribution in [-0.2, 0) is 36.2 Å². The molecule has 0 aliphatic carbocycles. The molecule has 0 fully saturated rings. The van der Waals surface area contributed by atoms with E-state index in [9.17, 15) is 9.36 Å². The van der Waals surface area contributed by atoms with Gasteiger partial charge in [-0.05, 0) is 24.5 Å². The van der Waals surface area contributed by atoms with Crippen LogP contribution in [0.4, 0.5) is 5.82 Å². The zero-order valence-electron chi connectivity index (χ0n) is 27.9. The van der Waals surface area contributed by atoms with E-state index in [0.29, 0.717) is 13.0 Å². The summed E-state index contributed by atoms with van der Waals surface area (Å²) in [4.78, 5) is 15.6. The lowest BCUT2D eigenvalue weighted by Gasteiger charge is -2.19. The Morgan fingerprint density at radius 3 is 1.87 bits per heavy atom. The Balaban J connectivity index is 1.49. The maximum absolute atomic E-state index is 13.4. The molecule has 0 radical (unpaired) electrons. The van der Waals surface area contributed by atoms with E-state index < -0.39 is 13.3 Å². The third-order valence-corrected chi connectivity index (χ3v) is 9.35. The number of nitrogens with two attached hydrogens (primary N) is 1. The minimum Gasteiger partial charge on any atom is -0.383 e. The van der Waals surface area contributed by atoms with Gasteiger partial charge in [0.1, 0.15) is 12.2 Å². The quantitative estimate of drug-likeness (QED) is 0.0659. The Hall–Kier alpha value is -2.03. The molecule has 1 aromatic heterocycles. The van der Waals surface area contributed by atoms with E-state index in [1.165, 1.54) is 101 Å². The molecule has 45 heavy (non-hydrogen) atoms. The first-order chi connectivity index (χ1) is 22.0. The van der Waals surface area contributed by atoms with E-state index in [0.717, 1.165) is 18.6 Å². The normalized spacial score (nSPS) is 12.8. The smallest absolute Gasteiger partial charge is 0.356 e. The molecule has 2 aromatic rings. The van der Waals surface area contributed by atoms with Crippen LogP contribution in [0, 0.1) is 0 Å². The number of nitrogen functional groups attached to an aromatic ring is 1. The number of hydrogen-bond donors (Lipinski definition) is 1. The number of rotatable bonds is 30. The summed E-state index contributed by atoms with van der Waals surface area (Å²) in [6, 6.07) is 11.1. The fourth-order valence-electron chi connectivity index (χ4n) is 5.03. The van der Waals surface area contributed by atoms with Gasteiger partial charge in [-0.15, -0.1) is 0 Å². The molecule has 1 unspecified atom stereocenters. The van der Waals surface area contributed by atoms with Gasteiger partial charge in [0.2, 0.25) is 0 Å². The van der Waals surface area contributed by atoms with Gasteiger partial charge in [-0.2, -0.15) is 4.98 Å². The number of nitrogens with zero attached hydrogens (tertiary/aromatic N) is 2. The lowest BCUT2D eigenvalue weighted by Crippen LogP contribution is -2.25. The van der Waals surface area contributed by atoms with Crippen LogP contribution >= 0.6 is 7.60 Å². The second-order valence-electron chi connectivity index (χ2n) is 11.8. The first-order valence-corrected chi connectivity index (χ1v) is 19.2. The molecule has 1 aromatic carbocycles. The van der Waals surface area contributed by atoms with Crippen LogP contribution in [0.2, 0.25) is 0 Å². The minimum absolute atomic E-state index is 0.149. The van der Waals surface area contributed by atoms with Gasteiger partial charge in [-0.3, -0.25) is 9.13 Å². The number of aromatic nitrogens is 2. The summed E-state index contributed by atoms with van der Waals surface area (Å²) in [5.41, 5.74) is 5.96. The van der Waals surface area contributed by atoms with Crippen LogP contribution in [0.15, 0.2) is 47.4 Å². The predicted octanol–water partition coefficient (Wildman–Crippen LogP) is 8.89. The minimum atomic E-state index is -3.52. The van der Waals surface area contributed by atoms with E-state index >= 15 is 0 Å². The Bertz CT molecular complexity index is 1080. The van der Waals surface area contributed by atoms with E-state index in [2.05, 4.69) is 11.9 Å². The van der Waals surface area contributed by atoms with Crippen molar-refractivity contribution in [2.75, 3.05) is 38.5 Å². The van der Waals surface area contributed by atoms with Crippen molar-refractivity contribution in [3.63, 3.8) is 0 Å². The summed E-state index contributed by atoms with van der Waals surface area (Å²) in [7, 11) is -3.52. The Morgan fingerprint density at radius 1 is 0.689 bits per heavy atom.